The minimum atomic E-state index is -0.461. The van der Waals surface area contributed by atoms with E-state index in [2.05, 4.69) is 15.6 Å². The molecule has 2 rings (SSSR count). The molecule has 0 spiro atoms. The number of nitrogens with one attached hydrogen (secondary N) is 2. The molecular weight excluding hydrogens is 248 g/mol. The predicted molar refractivity (Wildman–Crippen MR) is 72.3 cm³/mol. The first-order valence-electron chi connectivity index (χ1n) is 6.14. The van der Waals surface area contributed by atoms with Crippen LogP contribution in [0.3, 0.4) is 0 Å². The van der Waals surface area contributed by atoms with Crippen LogP contribution in [0.15, 0.2) is 12.1 Å². The van der Waals surface area contributed by atoms with Crippen LogP contribution in [0.25, 0.3) is 0 Å². The molecule has 2 unspecified atom stereocenters. The fourth-order valence-electron chi connectivity index (χ4n) is 2.16. The number of pyridine rings is 1. The molecule has 0 bridgehead atoms. The van der Waals surface area contributed by atoms with E-state index >= 15 is 0 Å². The Morgan fingerprint density at radius 1 is 1.53 bits per heavy atom. The normalized spacial score (nSPS) is 24.4. The fraction of sp³-hybridized carbons (Fsp3) is 0.583. The molecule has 104 valence electrons. The monoisotopic (exact) mass is 266 g/mol. The number of nitro groups is 1. The van der Waals surface area contributed by atoms with Crippen LogP contribution in [0.5, 0.6) is 0 Å². The van der Waals surface area contributed by atoms with Crippen molar-refractivity contribution in [2.24, 2.45) is 5.41 Å². The van der Waals surface area contributed by atoms with Gasteiger partial charge in [-0.2, -0.15) is 0 Å². The highest BCUT2D eigenvalue weighted by Crippen LogP contribution is 2.43. The van der Waals surface area contributed by atoms with Crippen molar-refractivity contribution in [3.63, 3.8) is 0 Å². The maximum Gasteiger partial charge on any atom is 0.311 e. The predicted octanol–water partition coefficient (Wildman–Crippen LogP) is 1.60. The van der Waals surface area contributed by atoms with E-state index in [1.54, 1.807) is 13.1 Å². The summed E-state index contributed by atoms with van der Waals surface area (Å²) in [6.45, 7) is 3.85. The van der Waals surface area contributed by atoms with Gasteiger partial charge < -0.3 is 15.7 Å². The summed E-state index contributed by atoms with van der Waals surface area (Å²) in [4.78, 5) is 14.7. The first kappa shape index (κ1) is 13.5. The molecule has 1 saturated carbocycles. The number of nitrogens with zero attached hydrogens (tertiary/aromatic N) is 2. The van der Waals surface area contributed by atoms with Gasteiger partial charge in [0, 0.05) is 24.6 Å². The summed E-state index contributed by atoms with van der Waals surface area (Å²) in [5, 5.41) is 26.6. The molecule has 0 radical (unpaired) electrons. The zero-order chi connectivity index (χ0) is 14.2. The number of anilines is 2. The maximum atomic E-state index is 11.0. The Hall–Kier alpha value is -1.89. The van der Waals surface area contributed by atoms with Crippen molar-refractivity contribution in [3.05, 3.63) is 22.2 Å². The molecule has 3 N–H and O–H groups in total. The third-order valence-corrected chi connectivity index (χ3v) is 3.85. The SMILES string of the molecule is CNc1ccc([N+](=O)[O-])c(NC2CC(O)C2(C)C)n1. The van der Waals surface area contributed by atoms with Crippen molar-refractivity contribution in [2.45, 2.75) is 32.4 Å². The Morgan fingerprint density at radius 3 is 2.68 bits per heavy atom. The summed E-state index contributed by atoms with van der Waals surface area (Å²) in [6.07, 6.45) is 0.173. The van der Waals surface area contributed by atoms with Crippen molar-refractivity contribution >= 4 is 17.3 Å². The summed E-state index contributed by atoms with van der Waals surface area (Å²) in [7, 11) is 1.70. The van der Waals surface area contributed by atoms with Gasteiger partial charge in [-0.15, -0.1) is 0 Å². The van der Waals surface area contributed by atoms with Crippen LogP contribution in [0, 0.1) is 15.5 Å². The Balaban J connectivity index is 2.26. The molecule has 1 fully saturated rings. The highest BCUT2D eigenvalue weighted by atomic mass is 16.6. The standard InChI is InChI=1S/C12H18N4O3/c1-12(2)8(6-9(12)17)14-11-7(16(18)19)4-5-10(13-3)15-11/h4-5,8-9,17H,6H2,1-3H3,(H2,13,14,15). The molecule has 0 aliphatic heterocycles. The van der Waals surface area contributed by atoms with Crippen LogP contribution in [0.2, 0.25) is 0 Å². The third kappa shape index (κ3) is 2.33. The molecule has 2 atom stereocenters. The Kier molecular flexibility index (Phi) is 3.32. The number of hydrogen-bond donors (Lipinski definition) is 3. The fourth-order valence-corrected chi connectivity index (χ4v) is 2.16. The van der Waals surface area contributed by atoms with Gasteiger partial charge in [0.25, 0.3) is 0 Å². The Labute approximate surface area is 111 Å². The minimum Gasteiger partial charge on any atom is -0.392 e. The number of rotatable bonds is 4. The third-order valence-electron chi connectivity index (χ3n) is 3.85. The number of hydrogen-bond acceptors (Lipinski definition) is 6. The molecule has 1 aromatic rings. The highest BCUT2D eigenvalue weighted by Gasteiger charge is 2.48. The van der Waals surface area contributed by atoms with E-state index in [1.165, 1.54) is 6.07 Å². The zero-order valence-corrected chi connectivity index (χ0v) is 11.2. The average Bonchev–Trinajstić information content (AvgIpc) is 2.38. The molecule has 0 aromatic carbocycles. The zero-order valence-electron chi connectivity index (χ0n) is 11.2. The van der Waals surface area contributed by atoms with Gasteiger partial charge in [0.2, 0.25) is 5.82 Å². The van der Waals surface area contributed by atoms with Crippen LogP contribution < -0.4 is 10.6 Å². The largest absolute Gasteiger partial charge is 0.392 e. The van der Waals surface area contributed by atoms with E-state index in [1.807, 2.05) is 13.8 Å². The van der Waals surface area contributed by atoms with Crippen molar-refractivity contribution in [3.8, 4) is 0 Å². The van der Waals surface area contributed by atoms with Crippen LogP contribution >= 0.6 is 0 Å². The van der Waals surface area contributed by atoms with Crippen LogP contribution in [0.1, 0.15) is 20.3 Å². The van der Waals surface area contributed by atoms with E-state index < -0.39 is 11.0 Å². The molecule has 0 saturated heterocycles. The number of aromatic nitrogens is 1. The van der Waals surface area contributed by atoms with Gasteiger partial charge in [-0.1, -0.05) is 13.8 Å². The topological polar surface area (TPSA) is 100 Å². The summed E-state index contributed by atoms with van der Waals surface area (Å²) in [6, 6.07) is 2.95. The van der Waals surface area contributed by atoms with Crippen LogP contribution in [-0.4, -0.2) is 34.2 Å². The van der Waals surface area contributed by atoms with Crippen molar-refractivity contribution in [1.82, 2.24) is 4.98 Å². The Bertz CT molecular complexity index is 504. The van der Waals surface area contributed by atoms with Gasteiger partial charge in [0.15, 0.2) is 0 Å². The highest BCUT2D eigenvalue weighted by molar-refractivity contribution is 5.61. The van der Waals surface area contributed by atoms with Gasteiger partial charge in [-0.3, -0.25) is 10.1 Å². The van der Waals surface area contributed by atoms with Crippen molar-refractivity contribution < 1.29 is 10.0 Å². The number of aliphatic hydroxyl groups excluding tert-OH is 1. The van der Waals surface area contributed by atoms with E-state index in [-0.39, 0.29) is 23.0 Å². The first-order valence-corrected chi connectivity index (χ1v) is 6.14. The second kappa shape index (κ2) is 4.65. The van der Waals surface area contributed by atoms with Gasteiger partial charge in [-0.25, -0.2) is 4.98 Å². The number of aliphatic hydroxyl groups is 1. The lowest BCUT2D eigenvalue weighted by molar-refractivity contribution is -0.384. The molecule has 7 nitrogen and oxygen atoms in total. The van der Waals surface area contributed by atoms with Crippen LogP contribution in [0.4, 0.5) is 17.3 Å². The molecule has 1 heterocycles. The smallest absolute Gasteiger partial charge is 0.311 e. The van der Waals surface area contributed by atoms with Crippen molar-refractivity contribution in [1.29, 1.82) is 0 Å². The first-order chi connectivity index (χ1) is 8.86. The second-order valence-electron chi connectivity index (χ2n) is 5.34. The van der Waals surface area contributed by atoms with Gasteiger partial charge in [0.1, 0.15) is 5.82 Å². The van der Waals surface area contributed by atoms with E-state index in [4.69, 9.17) is 0 Å². The minimum absolute atomic E-state index is 0.0270. The summed E-state index contributed by atoms with van der Waals surface area (Å²) in [5.41, 5.74) is -0.373. The lowest BCUT2D eigenvalue weighted by atomic mass is 9.64. The van der Waals surface area contributed by atoms with E-state index in [9.17, 15) is 15.2 Å². The second-order valence-corrected chi connectivity index (χ2v) is 5.34. The summed E-state index contributed by atoms with van der Waals surface area (Å²) in [5.74, 6) is 0.799. The molecule has 7 heteroatoms. The molecule has 19 heavy (non-hydrogen) atoms. The van der Waals surface area contributed by atoms with Gasteiger partial charge >= 0.3 is 5.69 Å². The molecule has 1 aromatic heterocycles. The lowest BCUT2D eigenvalue weighted by Crippen LogP contribution is -2.57. The molecule has 1 aliphatic carbocycles. The van der Waals surface area contributed by atoms with Gasteiger partial charge in [0.05, 0.1) is 11.0 Å². The van der Waals surface area contributed by atoms with E-state index in [0.29, 0.717) is 12.2 Å². The van der Waals surface area contributed by atoms with Gasteiger partial charge in [-0.05, 0) is 12.5 Å². The van der Waals surface area contributed by atoms with Crippen LogP contribution in [-0.2, 0) is 0 Å². The quantitative estimate of drug-likeness (QED) is 0.565. The average molecular weight is 266 g/mol. The Morgan fingerprint density at radius 2 is 2.21 bits per heavy atom. The lowest BCUT2D eigenvalue weighted by Gasteiger charge is -2.49. The van der Waals surface area contributed by atoms with Crippen molar-refractivity contribution in [2.75, 3.05) is 17.7 Å². The summed E-state index contributed by atoms with van der Waals surface area (Å²) < 4.78 is 0. The molecular formula is C12H18N4O3. The van der Waals surface area contributed by atoms with E-state index in [0.717, 1.165) is 0 Å². The molecule has 0 amide bonds. The maximum absolute atomic E-state index is 11.0. The summed E-state index contributed by atoms with van der Waals surface area (Å²) >= 11 is 0. The molecule has 1 aliphatic rings.